The van der Waals surface area contributed by atoms with E-state index in [1.54, 1.807) is 11.3 Å². The average molecular weight is 441 g/mol. The molecule has 2 aromatic carbocycles. The fourth-order valence-electron chi connectivity index (χ4n) is 5.13. The number of nitrogens with two attached hydrogens (primary N) is 1. The van der Waals surface area contributed by atoms with Crippen LogP contribution in [-0.2, 0) is 6.42 Å². The van der Waals surface area contributed by atoms with Crippen LogP contribution in [0.1, 0.15) is 52.5 Å². The van der Waals surface area contributed by atoms with Crippen LogP contribution in [-0.4, -0.2) is 24.9 Å². The molecule has 30 heavy (non-hydrogen) atoms. The molecule has 1 unspecified atom stereocenters. The summed E-state index contributed by atoms with van der Waals surface area (Å²) < 4.78 is 1.16. The van der Waals surface area contributed by atoms with E-state index in [1.807, 2.05) is 30.3 Å². The molecule has 1 amide bonds. The van der Waals surface area contributed by atoms with Crippen molar-refractivity contribution in [2.75, 3.05) is 14.1 Å². The molecule has 3 nitrogen and oxygen atoms in total. The van der Waals surface area contributed by atoms with Crippen molar-refractivity contribution in [2.24, 2.45) is 17.6 Å². The quantitative estimate of drug-likeness (QED) is 0.488. The van der Waals surface area contributed by atoms with Crippen molar-refractivity contribution < 1.29 is 4.79 Å². The second-order valence-corrected chi connectivity index (χ2v) is 10.3. The molecule has 0 saturated heterocycles. The number of fused-ring (bicyclic) bond motifs is 1. The summed E-state index contributed by atoms with van der Waals surface area (Å²) in [5.74, 6) is 0.947. The molecule has 0 aliphatic heterocycles. The fourth-order valence-corrected chi connectivity index (χ4v) is 6.58. The SMILES string of the molecule is CN(C)C(c1ccc(Cl)cc1)C1CCC(Cc2sc3ccccc3c2C(N)=O)CC1. The normalized spacial score (nSPS) is 20.5. The maximum atomic E-state index is 12.1. The molecule has 158 valence electrons. The van der Waals surface area contributed by atoms with Gasteiger partial charge in [0.15, 0.2) is 0 Å². The minimum absolute atomic E-state index is 0.299. The summed E-state index contributed by atoms with van der Waals surface area (Å²) in [6.07, 6.45) is 5.74. The van der Waals surface area contributed by atoms with Gasteiger partial charge in [0, 0.05) is 26.0 Å². The maximum Gasteiger partial charge on any atom is 0.250 e. The molecule has 1 aliphatic rings. The van der Waals surface area contributed by atoms with Crippen molar-refractivity contribution in [3.05, 3.63) is 69.6 Å². The van der Waals surface area contributed by atoms with Crippen LogP contribution in [0.2, 0.25) is 5.02 Å². The predicted octanol–water partition coefficient (Wildman–Crippen LogP) is 6.31. The van der Waals surface area contributed by atoms with E-state index < -0.39 is 0 Å². The third-order valence-corrected chi connectivity index (χ3v) is 7.94. The first-order valence-electron chi connectivity index (χ1n) is 10.7. The molecule has 1 atom stereocenters. The highest BCUT2D eigenvalue weighted by Crippen LogP contribution is 2.42. The number of amides is 1. The van der Waals surface area contributed by atoms with Crippen LogP contribution in [0.5, 0.6) is 0 Å². The van der Waals surface area contributed by atoms with Gasteiger partial charge in [-0.15, -0.1) is 11.3 Å². The summed E-state index contributed by atoms with van der Waals surface area (Å²) in [6.45, 7) is 0. The molecule has 1 aliphatic carbocycles. The average Bonchev–Trinajstić information content (AvgIpc) is 3.08. The Labute approximate surface area is 187 Å². The topological polar surface area (TPSA) is 46.3 Å². The molecule has 0 bridgehead atoms. The zero-order valence-electron chi connectivity index (χ0n) is 17.6. The number of rotatable bonds is 6. The molecule has 2 N–H and O–H groups in total. The van der Waals surface area contributed by atoms with Gasteiger partial charge in [0.1, 0.15) is 0 Å². The second kappa shape index (κ2) is 9.09. The first-order valence-corrected chi connectivity index (χ1v) is 11.9. The van der Waals surface area contributed by atoms with E-state index in [4.69, 9.17) is 17.3 Å². The molecule has 1 fully saturated rings. The van der Waals surface area contributed by atoms with Gasteiger partial charge in [0.2, 0.25) is 5.91 Å². The maximum absolute atomic E-state index is 12.1. The largest absolute Gasteiger partial charge is 0.366 e. The van der Waals surface area contributed by atoms with Gasteiger partial charge < -0.3 is 10.6 Å². The lowest BCUT2D eigenvalue weighted by atomic mass is 9.75. The Kier molecular flexibility index (Phi) is 6.47. The number of carbonyl (C=O) groups excluding carboxylic acids is 1. The van der Waals surface area contributed by atoms with Crippen molar-refractivity contribution in [3.63, 3.8) is 0 Å². The summed E-state index contributed by atoms with van der Waals surface area (Å²) in [7, 11) is 4.34. The van der Waals surface area contributed by atoms with Crippen LogP contribution in [0.3, 0.4) is 0 Å². The van der Waals surface area contributed by atoms with Gasteiger partial charge in [0.25, 0.3) is 0 Å². The Hall–Kier alpha value is -1.88. The van der Waals surface area contributed by atoms with E-state index in [9.17, 15) is 4.79 Å². The summed E-state index contributed by atoms with van der Waals surface area (Å²) in [4.78, 5) is 15.6. The first kappa shape index (κ1) is 21.4. The highest BCUT2D eigenvalue weighted by Gasteiger charge is 2.31. The summed E-state index contributed by atoms with van der Waals surface area (Å²) in [5.41, 5.74) is 7.84. The highest BCUT2D eigenvalue weighted by atomic mass is 35.5. The number of carbonyl (C=O) groups is 1. The fraction of sp³-hybridized carbons (Fsp3) is 0.400. The summed E-state index contributed by atoms with van der Waals surface area (Å²) in [6, 6.07) is 16.8. The molecule has 1 aromatic heterocycles. The van der Waals surface area contributed by atoms with Crippen LogP contribution in [0.4, 0.5) is 0 Å². The number of thiophene rings is 1. The van der Waals surface area contributed by atoms with Gasteiger partial charge in [0.05, 0.1) is 5.56 Å². The van der Waals surface area contributed by atoms with Gasteiger partial charge in [-0.2, -0.15) is 0 Å². The van der Waals surface area contributed by atoms with Gasteiger partial charge in [-0.1, -0.05) is 41.9 Å². The van der Waals surface area contributed by atoms with Gasteiger partial charge >= 0.3 is 0 Å². The van der Waals surface area contributed by atoms with E-state index >= 15 is 0 Å². The molecule has 3 aromatic rings. The monoisotopic (exact) mass is 440 g/mol. The highest BCUT2D eigenvalue weighted by molar-refractivity contribution is 7.19. The predicted molar refractivity (Wildman–Crippen MR) is 127 cm³/mol. The number of nitrogens with zero attached hydrogens (tertiary/aromatic N) is 1. The lowest BCUT2D eigenvalue weighted by Gasteiger charge is -2.37. The Morgan fingerprint density at radius 1 is 1.10 bits per heavy atom. The Bertz CT molecular complexity index is 1020. The van der Waals surface area contributed by atoms with Crippen LogP contribution in [0, 0.1) is 11.8 Å². The molecule has 0 radical (unpaired) electrons. The van der Waals surface area contributed by atoms with Crippen LogP contribution in [0.15, 0.2) is 48.5 Å². The van der Waals surface area contributed by atoms with Crippen LogP contribution < -0.4 is 5.73 Å². The molecular weight excluding hydrogens is 412 g/mol. The summed E-state index contributed by atoms with van der Waals surface area (Å²) >= 11 is 7.83. The first-order chi connectivity index (χ1) is 14.4. The number of hydrogen-bond acceptors (Lipinski definition) is 3. The molecule has 4 rings (SSSR count). The van der Waals surface area contributed by atoms with E-state index in [0.717, 1.165) is 32.0 Å². The lowest BCUT2D eigenvalue weighted by molar-refractivity contribution is 0.100. The summed E-state index contributed by atoms with van der Waals surface area (Å²) in [5, 5.41) is 1.79. The number of primary amides is 1. The minimum Gasteiger partial charge on any atom is -0.366 e. The van der Waals surface area contributed by atoms with E-state index in [1.165, 1.54) is 31.2 Å². The minimum atomic E-state index is -0.299. The van der Waals surface area contributed by atoms with Gasteiger partial charge in [-0.05, 0) is 81.8 Å². The number of benzene rings is 2. The second-order valence-electron chi connectivity index (χ2n) is 8.71. The number of halogens is 1. The van der Waals surface area contributed by atoms with Gasteiger partial charge in [-0.3, -0.25) is 4.79 Å². The zero-order chi connectivity index (χ0) is 21.3. The number of hydrogen-bond donors (Lipinski definition) is 1. The molecule has 5 heteroatoms. The van der Waals surface area contributed by atoms with Crippen molar-refractivity contribution in [3.8, 4) is 0 Å². The molecule has 1 saturated carbocycles. The Balaban J connectivity index is 1.47. The standard InChI is InChI=1S/C25H29ClN2OS/c1-28(2)24(18-11-13-19(26)14-12-18)17-9-7-16(8-10-17)15-22-23(25(27)29)20-5-3-4-6-21(20)30-22/h3-6,11-14,16-17,24H,7-10,15H2,1-2H3,(H2,27,29). The third-order valence-electron chi connectivity index (χ3n) is 6.49. The van der Waals surface area contributed by atoms with Crippen LogP contribution >= 0.6 is 22.9 Å². The van der Waals surface area contributed by atoms with Crippen molar-refractivity contribution >= 4 is 38.9 Å². The van der Waals surface area contributed by atoms with Crippen molar-refractivity contribution in [1.82, 2.24) is 4.90 Å². The van der Waals surface area contributed by atoms with Gasteiger partial charge in [-0.25, -0.2) is 0 Å². The molecular formula is C25H29ClN2OS. The Morgan fingerprint density at radius 2 is 1.77 bits per heavy atom. The van der Waals surface area contributed by atoms with E-state index in [2.05, 4.69) is 37.2 Å². The molecule has 1 heterocycles. The van der Waals surface area contributed by atoms with E-state index in [0.29, 0.717) is 17.9 Å². The smallest absolute Gasteiger partial charge is 0.250 e. The van der Waals surface area contributed by atoms with Crippen LogP contribution in [0.25, 0.3) is 10.1 Å². The lowest BCUT2D eigenvalue weighted by Crippen LogP contribution is -2.30. The van der Waals surface area contributed by atoms with Crippen molar-refractivity contribution in [2.45, 2.75) is 38.1 Å². The third kappa shape index (κ3) is 4.41. The zero-order valence-corrected chi connectivity index (χ0v) is 19.2. The Morgan fingerprint density at radius 3 is 2.40 bits per heavy atom. The van der Waals surface area contributed by atoms with E-state index in [-0.39, 0.29) is 5.91 Å². The molecule has 0 spiro atoms. The van der Waals surface area contributed by atoms with Crippen molar-refractivity contribution in [1.29, 1.82) is 0 Å².